The van der Waals surface area contributed by atoms with Crippen molar-refractivity contribution >= 4 is 17.4 Å². The molecule has 1 saturated heterocycles. The van der Waals surface area contributed by atoms with Crippen LogP contribution in [-0.4, -0.2) is 42.9 Å². The highest BCUT2D eigenvalue weighted by molar-refractivity contribution is 6.31. The number of piperazine rings is 1. The molecular formula is C13H16ClFN2O. The Morgan fingerprint density at radius 1 is 1.44 bits per heavy atom. The molecule has 1 unspecified atom stereocenters. The fourth-order valence-electron chi connectivity index (χ4n) is 2.13. The number of carbonyl (C=O) groups is 1. The fourth-order valence-corrected chi connectivity index (χ4v) is 2.31. The third-order valence-electron chi connectivity index (χ3n) is 3.28. The molecule has 1 aromatic rings. The van der Waals surface area contributed by atoms with E-state index >= 15 is 0 Å². The van der Waals surface area contributed by atoms with E-state index < -0.39 is 5.82 Å². The van der Waals surface area contributed by atoms with E-state index in [-0.39, 0.29) is 16.8 Å². The molecule has 0 amide bonds. The topological polar surface area (TPSA) is 32.3 Å². The molecule has 0 saturated carbocycles. The molecule has 1 heterocycles. The molecule has 2 rings (SSSR count). The maximum atomic E-state index is 13.1. The largest absolute Gasteiger partial charge is 0.314 e. The van der Waals surface area contributed by atoms with Crippen molar-refractivity contribution in [1.29, 1.82) is 0 Å². The van der Waals surface area contributed by atoms with Crippen LogP contribution >= 0.6 is 11.6 Å². The SMILES string of the molecule is CC(C(=O)c1ccc(F)c(Cl)c1)N1CCNCC1. The average Bonchev–Trinajstić information content (AvgIpc) is 2.41. The van der Waals surface area contributed by atoms with Crippen LogP contribution in [0.25, 0.3) is 0 Å². The average molecular weight is 271 g/mol. The number of halogens is 2. The zero-order valence-corrected chi connectivity index (χ0v) is 11.0. The first-order chi connectivity index (χ1) is 8.59. The number of hydrogen-bond donors (Lipinski definition) is 1. The summed E-state index contributed by atoms with van der Waals surface area (Å²) in [5.74, 6) is -0.512. The number of Topliss-reactive ketones (excluding diaryl/α,β-unsaturated/α-hetero) is 1. The van der Waals surface area contributed by atoms with Crippen LogP contribution in [0.5, 0.6) is 0 Å². The van der Waals surface area contributed by atoms with Crippen LogP contribution in [0.15, 0.2) is 18.2 Å². The number of hydrogen-bond acceptors (Lipinski definition) is 3. The smallest absolute Gasteiger partial charge is 0.179 e. The second-order valence-corrected chi connectivity index (χ2v) is 4.86. The number of carbonyl (C=O) groups excluding carboxylic acids is 1. The normalized spacial score (nSPS) is 18.6. The van der Waals surface area contributed by atoms with Gasteiger partial charge in [0.1, 0.15) is 5.82 Å². The summed E-state index contributed by atoms with van der Waals surface area (Å²) < 4.78 is 13.1. The molecule has 3 nitrogen and oxygen atoms in total. The predicted octanol–water partition coefficient (Wildman–Crippen LogP) is 1.96. The van der Waals surface area contributed by atoms with E-state index in [4.69, 9.17) is 11.6 Å². The molecule has 1 aliphatic rings. The first-order valence-electron chi connectivity index (χ1n) is 6.03. The van der Waals surface area contributed by atoms with Gasteiger partial charge in [0.15, 0.2) is 5.78 Å². The van der Waals surface area contributed by atoms with Crippen molar-refractivity contribution in [2.45, 2.75) is 13.0 Å². The summed E-state index contributed by atoms with van der Waals surface area (Å²) in [6, 6.07) is 3.92. The third-order valence-corrected chi connectivity index (χ3v) is 3.57. The van der Waals surface area contributed by atoms with Gasteiger partial charge in [0.25, 0.3) is 0 Å². The van der Waals surface area contributed by atoms with Gasteiger partial charge in [0.2, 0.25) is 0 Å². The van der Waals surface area contributed by atoms with Gasteiger partial charge in [-0.3, -0.25) is 9.69 Å². The minimum atomic E-state index is -0.497. The summed E-state index contributed by atoms with van der Waals surface area (Å²) in [6.07, 6.45) is 0. The van der Waals surface area contributed by atoms with Gasteiger partial charge in [0.05, 0.1) is 11.1 Å². The van der Waals surface area contributed by atoms with Crippen LogP contribution in [0.2, 0.25) is 5.02 Å². The summed E-state index contributed by atoms with van der Waals surface area (Å²) >= 11 is 5.70. The lowest BCUT2D eigenvalue weighted by atomic mass is 10.0. The van der Waals surface area contributed by atoms with Crippen molar-refractivity contribution in [3.8, 4) is 0 Å². The molecule has 0 bridgehead atoms. The van der Waals surface area contributed by atoms with Crippen molar-refractivity contribution in [2.75, 3.05) is 26.2 Å². The highest BCUT2D eigenvalue weighted by atomic mass is 35.5. The van der Waals surface area contributed by atoms with Crippen LogP contribution in [-0.2, 0) is 0 Å². The molecular weight excluding hydrogens is 255 g/mol. The molecule has 0 radical (unpaired) electrons. The Kier molecular flexibility index (Phi) is 4.32. The first kappa shape index (κ1) is 13.5. The van der Waals surface area contributed by atoms with Gasteiger partial charge in [-0.25, -0.2) is 4.39 Å². The van der Waals surface area contributed by atoms with Crippen LogP contribution in [0.3, 0.4) is 0 Å². The minimum Gasteiger partial charge on any atom is -0.314 e. The van der Waals surface area contributed by atoms with E-state index in [9.17, 15) is 9.18 Å². The van der Waals surface area contributed by atoms with Crippen molar-refractivity contribution in [3.63, 3.8) is 0 Å². The lowest BCUT2D eigenvalue weighted by Gasteiger charge is -2.31. The molecule has 1 aliphatic heterocycles. The Bertz CT molecular complexity index is 447. The van der Waals surface area contributed by atoms with Gasteiger partial charge in [0, 0.05) is 31.7 Å². The Morgan fingerprint density at radius 3 is 2.72 bits per heavy atom. The minimum absolute atomic E-state index is 0.00615. The second-order valence-electron chi connectivity index (χ2n) is 4.46. The van der Waals surface area contributed by atoms with E-state index in [1.54, 1.807) is 0 Å². The van der Waals surface area contributed by atoms with Crippen LogP contribution in [0.4, 0.5) is 4.39 Å². The van der Waals surface area contributed by atoms with Gasteiger partial charge >= 0.3 is 0 Å². The monoisotopic (exact) mass is 270 g/mol. The molecule has 5 heteroatoms. The van der Waals surface area contributed by atoms with Crippen LogP contribution in [0.1, 0.15) is 17.3 Å². The fraction of sp³-hybridized carbons (Fsp3) is 0.462. The molecule has 0 aliphatic carbocycles. The first-order valence-corrected chi connectivity index (χ1v) is 6.41. The van der Waals surface area contributed by atoms with E-state index in [0.29, 0.717) is 5.56 Å². The molecule has 0 spiro atoms. The van der Waals surface area contributed by atoms with Gasteiger partial charge in [-0.05, 0) is 25.1 Å². The molecule has 0 aromatic heterocycles. The van der Waals surface area contributed by atoms with E-state index in [0.717, 1.165) is 26.2 Å². The van der Waals surface area contributed by atoms with Gasteiger partial charge in [-0.15, -0.1) is 0 Å². The quantitative estimate of drug-likeness (QED) is 0.852. The number of benzene rings is 1. The summed E-state index contributed by atoms with van der Waals surface area (Å²) in [6.45, 7) is 5.36. The zero-order valence-electron chi connectivity index (χ0n) is 10.2. The van der Waals surface area contributed by atoms with Crippen molar-refractivity contribution in [3.05, 3.63) is 34.6 Å². The van der Waals surface area contributed by atoms with E-state index in [1.807, 2.05) is 6.92 Å². The number of ketones is 1. The standard InChI is InChI=1S/C13H16ClFN2O/c1-9(17-6-4-16-5-7-17)13(18)10-2-3-12(15)11(14)8-10/h2-3,8-9,16H,4-7H2,1H3. The Labute approximate surface area is 111 Å². The molecule has 98 valence electrons. The Balaban J connectivity index is 2.11. The summed E-state index contributed by atoms with van der Waals surface area (Å²) in [7, 11) is 0. The highest BCUT2D eigenvalue weighted by Crippen LogP contribution is 2.18. The van der Waals surface area contributed by atoms with Crippen LogP contribution in [0, 0.1) is 5.82 Å². The lowest BCUT2D eigenvalue weighted by Crippen LogP contribution is -2.50. The van der Waals surface area contributed by atoms with Gasteiger partial charge < -0.3 is 5.32 Å². The molecule has 1 atom stereocenters. The summed E-state index contributed by atoms with van der Waals surface area (Å²) in [5.41, 5.74) is 0.465. The number of nitrogens with zero attached hydrogens (tertiary/aromatic N) is 1. The number of rotatable bonds is 3. The van der Waals surface area contributed by atoms with E-state index in [1.165, 1.54) is 18.2 Å². The third kappa shape index (κ3) is 2.88. The van der Waals surface area contributed by atoms with Gasteiger partial charge in [-0.2, -0.15) is 0 Å². The van der Waals surface area contributed by atoms with Crippen molar-refractivity contribution in [2.24, 2.45) is 0 Å². The predicted molar refractivity (Wildman–Crippen MR) is 69.6 cm³/mol. The number of nitrogens with one attached hydrogen (secondary N) is 1. The van der Waals surface area contributed by atoms with Crippen molar-refractivity contribution < 1.29 is 9.18 Å². The molecule has 1 fully saturated rings. The zero-order chi connectivity index (χ0) is 13.1. The van der Waals surface area contributed by atoms with E-state index in [2.05, 4.69) is 10.2 Å². The Morgan fingerprint density at radius 2 is 2.11 bits per heavy atom. The van der Waals surface area contributed by atoms with Gasteiger partial charge in [-0.1, -0.05) is 11.6 Å². The molecule has 18 heavy (non-hydrogen) atoms. The van der Waals surface area contributed by atoms with Crippen LogP contribution < -0.4 is 5.32 Å². The summed E-state index contributed by atoms with van der Waals surface area (Å²) in [4.78, 5) is 14.4. The second kappa shape index (κ2) is 5.78. The highest BCUT2D eigenvalue weighted by Gasteiger charge is 2.24. The lowest BCUT2D eigenvalue weighted by molar-refractivity contribution is 0.0820. The molecule has 1 aromatic carbocycles. The summed E-state index contributed by atoms with van der Waals surface area (Å²) in [5, 5.41) is 3.24. The maximum Gasteiger partial charge on any atom is 0.179 e. The molecule has 1 N–H and O–H groups in total. The maximum absolute atomic E-state index is 13.1. The van der Waals surface area contributed by atoms with Crippen molar-refractivity contribution in [1.82, 2.24) is 10.2 Å². The Hall–Kier alpha value is -0.970.